The van der Waals surface area contributed by atoms with Gasteiger partial charge in [0.25, 0.3) is 0 Å². The Morgan fingerprint density at radius 2 is 2.15 bits per heavy atom. The van der Waals surface area contributed by atoms with Crippen molar-refractivity contribution in [1.82, 2.24) is 0 Å². The maximum atomic E-state index is 5.25. The maximum absolute atomic E-state index is 5.25. The lowest BCUT2D eigenvalue weighted by atomic mass is 10.5. The van der Waals surface area contributed by atoms with Crippen molar-refractivity contribution >= 4 is 11.8 Å². The summed E-state index contributed by atoms with van der Waals surface area (Å²) >= 11 is 1.88. The van der Waals surface area contributed by atoms with Crippen LogP contribution in [-0.2, 0) is 14.2 Å². The maximum Gasteiger partial charge on any atom is 0.146 e. The molecule has 1 heterocycles. The number of hydrogen-bond donors (Lipinski definition) is 0. The average Bonchev–Trinajstić information content (AvgIpc) is 2.93. The first kappa shape index (κ1) is 11.3. The van der Waals surface area contributed by atoms with Gasteiger partial charge < -0.3 is 14.2 Å². The van der Waals surface area contributed by atoms with Crippen LogP contribution >= 0.6 is 11.8 Å². The van der Waals surface area contributed by atoms with Crippen LogP contribution in [-0.4, -0.2) is 44.2 Å². The Morgan fingerprint density at radius 1 is 1.38 bits per heavy atom. The van der Waals surface area contributed by atoms with Crippen LogP contribution in [0.15, 0.2) is 0 Å². The van der Waals surface area contributed by atoms with Crippen LogP contribution in [0.25, 0.3) is 0 Å². The Bertz CT molecular complexity index is 117. The third-order valence-electron chi connectivity index (χ3n) is 1.59. The Morgan fingerprint density at radius 3 is 2.85 bits per heavy atom. The summed E-state index contributed by atoms with van der Waals surface area (Å²) in [5.74, 6) is 2.15. The zero-order chi connectivity index (χ0) is 9.36. The van der Waals surface area contributed by atoms with Crippen LogP contribution in [0.1, 0.15) is 13.3 Å². The molecule has 1 atom stereocenters. The summed E-state index contributed by atoms with van der Waals surface area (Å²) in [6.07, 6.45) is 1.58. The molecule has 1 saturated heterocycles. The van der Waals surface area contributed by atoms with Gasteiger partial charge in [-0.25, -0.2) is 0 Å². The highest BCUT2D eigenvalue weighted by molar-refractivity contribution is 7.99. The Labute approximate surface area is 84.1 Å². The first-order valence-corrected chi connectivity index (χ1v) is 5.93. The molecular weight excluding hydrogens is 188 g/mol. The van der Waals surface area contributed by atoms with E-state index in [1.807, 2.05) is 11.8 Å². The molecule has 1 fully saturated rings. The molecule has 3 nitrogen and oxygen atoms in total. The molecular formula is C9H18O3S. The highest BCUT2D eigenvalue weighted by Crippen LogP contribution is 2.15. The van der Waals surface area contributed by atoms with E-state index < -0.39 is 0 Å². The molecule has 0 N–H and O–H groups in total. The van der Waals surface area contributed by atoms with Crippen LogP contribution in [0.2, 0.25) is 0 Å². The molecule has 0 bridgehead atoms. The summed E-state index contributed by atoms with van der Waals surface area (Å²) in [7, 11) is 0. The lowest BCUT2D eigenvalue weighted by Gasteiger charge is -2.03. The van der Waals surface area contributed by atoms with Gasteiger partial charge in [0, 0.05) is 18.1 Å². The minimum Gasteiger partial charge on any atom is -0.372 e. The van der Waals surface area contributed by atoms with Crippen molar-refractivity contribution < 1.29 is 14.2 Å². The standard InChI is InChI=1S/C9H18O3S/c1-2-3-10-8-11-4-5-13-7-9-6-12-9/h9H,2-8H2,1H3. The molecule has 0 saturated carbocycles. The van der Waals surface area contributed by atoms with Crippen molar-refractivity contribution in [2.45, 2.75) is 19.4 Å². The normalized spacial score (nSPS) is 20.5. The van der Waals surface area contributed by atoms with Crippen LogP contribution in [0, 0.1) is 0 Å². The molecule has 0 spiro atoms. The van der Waals surface area contributed by atoms with E-state index in [4.69, 9.17) is 14.2 Å². The summed E-state index contributed by atoms with van der Waals surface area (Å²) in [6.45, 7) is 5.05. The van der Waals surface area contributed by atoms with Crippen LogP contribution in [0.3, 0.4) is 0 Å². The van der Waals surface area contributed by atoms with E-state index in [1.165, 1.54) is 0 Å². The number of hydrogen-bond acceptors (Lipinski definition) is 4. The van der Waals surface area contributed by atoms with Gasteiger partial charge in [0.15, 0.2) is 0 Å². The molecule has 1 aliphatic rings. The van der Waals surface area contributed by atoms with Gasteiger partial charge in [-0.3, -0.25) is 0 Å². The monoisotopic (exact) mass is 206 g/mol. The minimum atomic E-state index is 0.439. The van der Waals surface area contributed by atoms with Crippen molar-refractivity contribution in [2.24, 2.45) is 0 Å². The number of thioether (sulfide) groups is 1. The molecule has 4 heteroatoms. The first-order chi connectivity index (χ1) is 6.43. The van der Waals surface area contributed by atoms with E-state index in [-0.39, 0.29) is 0 Å². The molecule has 13 heavy (non-hydrogen) atoms. The molecule has 0 aromatic carbocycles. The zero-order valence-electron chi connectivity index (χ0n) is 8.16. The lowest BCUT2D eigenvalue weighted by molar-refractivity contribution is -0.0479. The van der Waals surface area contributed by atoms with Crippen molar-refractivity contribution in [3.8, 4) is 0 Å². The fourth-order valence-electron chi connectivity index (χ4n) is 0.818. The van der Waals surface area contributed by atoms with Gasteiger partial charge in [-0.05, 0) is 6.42 Å². The van der Waals surface area contributed by atoms with Crippen molar-refractivity contribution in [3.05, 3.63) is 0 Å². The van der Waals surface area contributed by atoms with Crippen molar-refractivity contribution in [3.63, 3.8) is 0 Å². The summed E-state index contributed by atoms with van der Waals surface area (Å²) in [4.78, 5) is 0. The topological polar surface area (TPSA) is 31.0 Å². The molecule has 0 aliphatic carbocycles. The van der Waals surface area contributed by atoms with Gasteiger partial charge in [-0.2, -0.15) is 11.8 Å². The van der Waals surface area contributed by atoms with E-state index in [9.17, 15) is 0 Å². The second-order valence-corrected chi connectivity index (χ2v) is 4.11. The number of ether oxygens (including phenoxy) is 3. The van der Waals surface area contributed by atoms with Crippen molar-refractivity contribution in [2.75, 3.05) is 38.1 Å². The molecule has 1 unspecified atom stereocenters. The van der Waals surface area contributed by atoms with Crippen LogP contribution in [0.4, 0.5) is 0 Å². The number of rotatable bonds is 9. The predicted molar refractivity (Wildman–Crippen MR) is 54.1 cm³/mol. The minimum absolute atomic E-state index is 0.439. The lowest BCUT2D eigenvalue weighted by Crippen LogP contribution is -2.04. The second-order valence-electron chi connectivity index (χ2n) is 2.96. The van der Waals surface area contributed by atoms with Gasteiger partial charge in [-0.1, -0.05) is 6.92 Å². The van der Waals surface area contributed by atoms with Gasteiger partial charge in [0.2, 0.25) is 0 Å². The molecule has 0 aromatic heterocycles. The van der Waals surface area contributed by atoms with Gasteiger partial charge >= 0.3 is 0 Å². The average molecular weight is 206 g/mol. The summed E-state index contributed by atoms with van der Waals surface area (Å²) < 4.78 is 15.5. The van der Waals surface area contributed by atoms with Crippen LogP contribution < -0.4 is 0 Å². The van der Waals surface area contributed by atoms with E-state index in [0.717, 1.165) is 37.7 Å². The molecule has 0 radical (unpaired) electrons. The first-order valence-electron chi connectivity index (χ1n) is 4.78. The van der Waals surface area contributed by atoms with E-state index in [0.29, 0.717) is 12.9 Å². The van der Waals surface area contributed by atoms with Crippen LogP contribution in [0.5, 0.6) is 0 Å². The molecule has 78 valence electrons. The van der Waals surface area contributed by atoms with E-state index in [1.54, 1.807) is 0 Å². The second kappa shape index (κ2) is 7.62. The highest BCUT2D eigenvalue weighted by atomic mass is 32.2. The summed E-state index contributed by atoms with van der Waals surface area (Å²) in [6, 6.07) is 0. The van der Waals surface area contributed by atoms with E-state index in [2.05, 4.69) is 6.92 Å². The van der Waals surface area contributed by atoms with Gasteiger partial charge in [0.05, 0.1) is 19.3 Å². The molecule has 0 aromatic rings. The molecule has 1 aliphatic heterocycles. The van der Waals surface area contributed by atoms with Gasteiger partial charge in [0.1, 0.15) is 6.79 Å². The fraction of sp³-hybridized carbons (Fsp3) is 1.00. The highest BCUT2D eigenvalue weighted by Gasteiger charge is 2.21. The number of epoxide rings is 1. The Balaban J connectivity index is 1.63. The summed E-state index contributed by atoms with van der Waals surface area (Å²) in [5.41, 5.74) is 0. The third-order valence-corrected chi connectivity index (χ3v) is 2.66. The Hall–Kier alpha value is 0.230. The Kier molecular flexibility index (Phi) is 6.62. The summed E-state index contributed by atoms with van der Waals surface area (Å²) in [5, 5.41) is 0. The fourth-order valence-corrected chi connectivity index (χ4v) is 1.68. The van der Waals surface area contributed by atoms with Crippen molar-refractivity contribution in [1.29, 1.82) is 0 Å². The largest absolute Gasteiger partial charge is 0.372 e. The quantitative estimate of drug-likeness (QED) is 0.325. The SMILES string of the molecule is CCCOCOCCSCC1CO1. The molecule has 0 amide bonds. The smallest absolute Gasteiger partial charge is 0.146 e. The van der Waals surface area contributed by atoms with Gasteiger partial charge in [-0.15, -0.1) is 0 Å². The zero-order valence-corrected chi connectivity index (χ0v) is 8.98. The third kappa shape index (κ3) is 7.31. The molecule has 1 rings (SSSR count). The van der Waals surface area contributed by atoms with E-state index >= 15 is 0 Å². The predicted octanol–water partition coefficient (Wildman–Crippen LogP) is 1.52.